The van der Waals surface area contributed by atoms with Crippen LogP contribution in [0.3, 0.4) is 0 Å². The molecule has 2 aliphatic rings. The minimum Gasteiger partial charge on any atom is -0.534 e. The number of carboxylic acids is 1. The molecule has 4 rings (SSSR count). The summed E-state index contributed by atoms with van der Waals surface area (Å²) in [7, 11) is -1.60. The Kier molecular flexibility index (Phi) is 9.09. The molecule has 14 nitrogen and oxygen atoms in total. The first-order chi connectivity index (χ1) is 19.6. The van der Waals surface area contributed by atoms with Crippen LogP contribution in [0.15, 0.2) is 42.5 Å². The van der Waals surface area contributed by atoms with E-state index in [1.807, 2.05) is 0 Å². The van der Waals surface area contributed by atoms with Crippen molar-refractivity contribution in [3.05, 3.63) is 59.2 Å². The lowest BCUT2D eigenvalue weighted by atomic mass is 9.72. The van der Waals surface area contributed by atoms with Crippen molar-refractivity contribution in [1.29, 1.82) is 0 Å². The summed E-state index contributed by atoms with van der Waals surface area (Å²) in [6.07, 6.45) is 0.0317. The van der Waals surface area contributed by atoms with Gasteiger partial charge in [0.05, 0.1) is 18.1 Å². The van der Waals surface area contributed by atoms with Gasteiger partial charge in [-0.3, -0.25) is 19.3 Å². The molecule has 216 valence electrons. The second-order valence-electron chi connectivity index (χ2n) is 9.29. The number of para-hydroxylation sites is 1. The number of amides is 5. The minimum absolute atomic E-state index is 0.00396. The first-order valence-electron chi connectivity index (χ1n) is 12.9. The van der Waals surface area contributed by atoms with E-state index in [0.29, 0.717) is 17.9 Å². The van der Waals surface area contributed by atoms with Crippen molar-refractivity contribution in [2.75, 3.05) is 32.8 Å². The van der Waals surface area contributed by atoms with Crippen molar-refractivity contribution in [1.82, 2.24) is 20.4 Å². The zero-order valence-electron chi connectivity index (χ0n) is 22.1. The third-order valence-electron chi connectivity index (χ3n) is 6.72. The van der Waals surface area contributed by atoms with Crippen molar-refractivity contribution < 1.29 is 48.6 Å². The maximum Gasteiger partial charge on any atom is 0.547 e. The van der Waals surface area contributed by atoms with E-state index in [1.54, 1.807) is 13.0 Å². The standard InChI is InChI=1S/C26H29BN4O10/c1-2-30-10-11-31(24(35)23(30)34)26(38)29-20(15-6-8-17(9-7-15)40-13-12-32)22(33)28-19-14-16-4-3-5-18(25(36)37)21(16)41-27(19)39/h3-9,19-20,32,39H,2,10-14H2,1H3,(H,28,33)(H,29,38)(H,36,37)/t19-,20?/m0/s1. The molecule has 2 aliphatic heterocycles. The smallest absolute Gasteiger partial charge is 0.534 e. The summed E-state index contributed by atoms with van der Waals surface area (Å²) in [5, 5.41) is 34.1. The Bertz CT molecular complexity index is 1340. The number of rotatable bonds is 9. The highest BCUT2D eigenvalue weighted by Crippen LogP contribution is 2.30. The highest BCUT2D eigenvalue weighted by Gasteiger charge is 2.41. The molecule has 15 heteroatoms. The number of aliphatic hydroxyl groups is 1. The van der Waals surface area contributed by atoms with Gasteiger partial charge >= 0.3 is 30.9 Å². The summed E-state index contributed by atoms with van der Waals surface area (Å²) in [6, 6.07) is 8.17. The van der Waals surface area contributed by atoms with E-state index in [2.05, 4.69) is 10.6 Å². The Labute approximate surface area is 235 Å². The zero-order valence-corrected chi connectivity index (χ0v) is 22.1. The lowest BCUT2D eigenvalue weighted by Crippen LogP contribution is -2.60. The number of hydrogen-bond donors (Lipinski definition) is 5. The Morgan fingerprint density at radius 1 is 1.12 bits per heavy atom. The quantitative estimate of drug-likeness (QED) is 0.191. The number of carbonyl (C=O) groups excluding carboxylic acids is 4. The molecule has 0 saturated carbocycles. The van der Waals surface area contributed by atoms with Gasteiger partial charge in [0.25, 0.3) is 0 Å². The van der Waals surface area contributed by atoms with Crippen molar-refractivity contribution >= 4 is 36.8 Å². The molecule has 0 bridgehead atoms. The molecule has 5 amide bonds. The Hall–Kier alpha value is -4.63. The number of likely N-dealkylation sites (N-methyl/N-ethyl adjacent to an activating group) is 1. The predicted octanol–water partition coefficient (Wildman–Crippen LogP) is -0.663. The maximum atomic E-state index is 13.5. The lowest BCUT2D eigenvalue weighted by molar-refractivity contribution is -0.153. The van der Waals surface area contributed by atoms with Crippen molar-refractivity contribution in [2.24, 2.45) is 0 Å². The third-order valence-corrected chi connectivity index (χ3v) is 6.72. The van der Waals surface area contributed by atoms with Crippen LogP contribution in [0.4, 0.5) is 4.79 Å². The SMILES string of the molecule is CCN1CCN(C(=O)NC(C(=O)N[C@H]2Cc3cccc(C(=O)O)c3OB2O)c2ccc(OCCO)cc2)C(=O)C1=O. The number of hydrogen-bond acceptors (Lipinski definition) is 9. The monoisotopic (exact) mass is 568 g/mol. The summed E-state index contributed by atoms with van der Waals surface area (Å²) >= 11 is 0. The molecule has 1 saturated heterocycles. The molecule has 2 aromatic carbocycles. The number of aliphatic hydroxyl groups excluding tert-OH is 1. The number of piperazine rings is 1. The van der Waals surface area contributed by atoms with Gasteiger partial charge in [-0.25, -0.2) is 9.59 Å². The summed E-state index contributed by atoms with van der Waals surface area (Å²) in [4.78, 5) is 65.1. The van der Waals surface area contributed by atoms with Crippen LogP contribution in [0.2, 0.25) is 0 Å². The van der Waals surface area contributed by atoms with Gasteiger partial charge in [-0.15, -0.1) is 0 Å². The van der Waals surface area contributed by atoms with Crippen LogP contribution in [0.1, 0.15) is 34.5 Å². The van der Waals surface area contributed by atoms with E-state index in [4.69, 9.17) is 14.5 Å². The molecule has 2 atom stereocenters. The van der Waals surface area contributed by atoms with Gasteiger partial charge in [0.1, 0.15) is 24.1 Å². The number of carbonyl (C=O) groups is 5. The Morgan fingerprint density at radius 2 is 1.85 bits per heavy atom. The topological polar surface area (TPSA) is 195 Å². The van der Waals surface area contributed by atoms with Crippen molar-refractivity contribution in [3.63, 3.8) is 0 Å². The summed E-state index contributed by atoms with van der Waals surface area (Å²) in [5.41, 5.74) is 0.602. The fourth-order valence-electron chi connectivity index (χ4n) is 4.57. The van der Waals surface area contributed by atoms with Crippen molar-refractivity contribution in [3.8, 4) is 11.5 Å². The molecular formula is C26H29BN4O10. The molecule has 0 radical (unpaired) electrons. The minimum atomic E-state index is -1.60. The van der Waals surface area contributed by atoms with Gasteiger partial charge in [0, 0.05) is 19.6 Å². The van der Waals surface area contributed by atoms with E-state index >= 15 is 0 Å². The van der Waals surface area contributed by atoms with Crippen LogP contribution in [0, 0.1) is 0 Å². The second-order valence-corrected chi connectivity index (χ2v) is 9.29. The van der Waals surface area contributed by atoms with E-state index in [1.165, 1.54) is 41.3 Å². The number of nitrogens with zero attached hydrogens (tertiary/aromatic N) is 2. The predicted molar refractivity (Wildman–Crippen MR) is 142 cm³/mol. The summed E-state index contributed by atoms with van der Waals surface area (Å²) in [5.74, 6) is -4.48. The first kappa shape index (κ1) is 29.4. The maximum absolute atomic E-state index is 13.5. The van der Waals surface area contributed by atoms with E-state index < -0.39 is 48.8 Å². The second kappa shape index (κ2) is 12.7. The molecule has 5 N–H and O–H groups in total. The molecule has 0 aliphatic carbocycles. The number of benzene rings is 2. The van der Waals surface area contributed by atoms with Crippen molar-refractivity contribution in [2.45, 2.75) is 25.3 Å². The van der Waals surface area contributed by atoms with Gasteiger partial charge in [-0.2, -0.15) is 0 Å². The third kappa shape index (κ3) is 6.41. The van der Waals surface area contributed by atoms with Crippen LogP contribution < -0.4 is 20.0 Å². The van der Waals surface area contributed by atoms with E-state index in [0.717, 1.165) is 4.90 Å². The first-order valence-corrected chi connectivity index (χ1v) is 12.9. The number of aromatic carboxylic acids is 1. The molecule has 2 aromatic rings. The fourth-order valence-corrected chi connectivity index (χ4v) is 4.57. The van der Waals surface area contributed by atoms with Gasteiger partial charge in [0.15, 0.2) is 0 Å². The normalized spacial score (nSPS) is 17.3. The summed E-state index contributed by atoms with van der Waals surface area (Å²) < 4.78 is 10.8. The average molecular weight is 568 g/mol. The number of ether oxygens (including phenoxy) is 1. The number of nitrogens with one attached hydrogen (secondary N) is 2. The molecule has 1 fully saturated rings. The molecule has 41 heavy (non-hydrogen) atoms. The number of urea groups is 1. The highest BCUT2D eigenvalue weighted by atomic mass is 16.5. The van der Waals surface area contributed by atoms with Gasteiger partial charge in [-0.1, -0.05) is 24.3 Å². The Balaban J connectivity index is 1.56. The number of carboxylic acid groups (broad SMARTS) is 1. The van der Waals surface area contributed by atoms with Crippen LogP contribution in [0.5, 0.6) is 11.5 Å². The zero-order chi connectivity index (χ0) is 29.7. The molecular weight excluding hydrogens is 539 g/mol. The van der Waals surface area contributed by atoms with Gasteiger partial charge in [-0.05, 0) is 42.7 Å². The van der Waals surface area contributed by atoms with Crippen LogP contribution >= 0.6 is 0 Å². The average Bonchev–Trinajstić information content (AvgIpc) is 2.96. The largest absolute Gasteiger partial charge is 0.547 e. The fraction of sp³-hybridized carbons (Fsp3) is 0.346. The van der Waals surface area contributed by atoms with Gasteiger partial charge < -0.3 is 40.2 Å². The molecule has 1 unspecified atom stereocenters. The lowest BCUT2D eigenvalue weighted by Gasteiger charge is -2.33. The van der Waals surface area contributed by atoms with Crippen LogP contribution in [-0.2, 0) is 20.8 Å². The molecule has 0 spiro atoms. The van der Waals surface area contributed by atoms with E-state index in [-0.39, 0.29) is 49.6 Å². The van der Waals surface area contributed by atoms with Crippen LogP contribution in [-0.4, -0.2) is 101 Å². The summed E-state index contributed by atoms with van der Waals surface area (Å²) in [6.45, 7) is 1.93. The van der Waals surface area contributed by atoms with Gasteiger partial charge in [0.2, 0.25) is 5.91 Å². The number of fused-ring (bicyclic) bond motifs is 1. The molecule has 0 aromatic heterocycles. The molecule has 2 heterocycles. The number of imide groups is 1. The Morgan fingerprint density at radius 3 is 2.51 bits per heavy atom. The van der Waals surface area contributed by atoms with Crippen LogP contribution in [0.25, 0.3) is 0 Å². The van der Waals surface area contributed by atoms with E-state index in [9.17, 15) is 34.1 Å². The highest BCUT2D eigenvalue weighted by molar-refractivity contribution is 6.47.